The largest absolute Gasteiger partial charge is 0.508 e. The Labute approximate surface area is 480 Å². The number of carbonyl (C=O) groups is 6. The highest BCUT2D eigenvalue weighted by Gasteiger charge is 2.56. The molecule has 0 saturated heterocycles. The van der Waals surface area contributed by atoms with E-state index in [4.69, 9.17) is 34.2 Å². The maximum absolute atomic E-state index is 13.6. The Hall–Kier alpha value is -5.56. The van der Waals surface area contributed by atoms with Crippen LogP contribution in [-0.2, 0) is 54.3 Å². The van der Waals surface area contributed by atoms with Crippen molar-refractivity contribution in [3.8, 4) is 11.5 Å². The molecule has 6 rings (SSSR count). The molecule has 450 valence electrons. The minimum Gasteiger partial charge on any atom is -0.508 e. The van der Waals surface area contributed by atoms with Crippen molar-refractivity contribution in [3.05, 3.63) is 65.7 Å². The topological polar surface area (TPSA) is 252 Å². The van der Waals surface area contributed by atoms with Gasteiger partial charge in [-0.3, -0.25) is 24.0 Å². The maximum Gasteiger partial charge on any atom is 0.313 e. The molecule has 81 heavy (non-hydrogen) atoms. The summed E-state index contributed by atoms with van der Waals surface area (Å²) in [6, 6.07) is 9.99. The molecule has 18 nitrogen and oxygen atoms in total. The molecular weight excluding hydrogens is 1030 g/mol. The van der Waals surface area contributed by atoms with Crippen molar-refractivity contribution >= 4 is 41.4 Å². The molecule has 10 unspecified atom stereocenters. The Kier molecular flexibility index (Phi) is 26.3. The smallest absolute Gasteiger partial charge is 0.313 e. The molecule has 3 fully saturated rings. The first-order chi connectivity index (χ1) is 38.9. The molecule has 3 saturated carbocycles. The molecule has 2 aromatic rings. The van der Waals surface area contributed by atoms with Crippen molar-refractivity contribution in [1.29, 1.82) is 0 Å². The highest BCUT2D eigenvalue weighted by atomic mass is 16.6. The molecular formula is C63H95N5O13. The number of amides is 5. The Bertz CT molecular complexity index is 2350. The van der Waals surface area contributed by atoms with E-state index in [1.54, 1.807) is 38.1 Å². The lowest BCUT2D eigenvalue weighted by Gasteiger charge is -2.54. The third-order valence-electron chi connectivity index (χ3n) is 17.4. The maximum atomic E-state index is 13.6. The lowest BCUT2D eigenvalue weighted by Crippen LogP contribution is -2.54. The van der Waals surface area contributed by atoms with Gasteiger partial charge in [0.2, 0.25) is 17.7 Å². The number of allylic oxidation sites excluding steroid dienone is 1. The molecule has 10 atom stereocenters. The molecule has 0 aromatic heterocycles. The number of fused-ring (bicyclic) bond motifs is 5. The van der Waals surface area contributed by atoms with E-state index in [0.29, 0.717) is 42.4 Å². The number of urea groups is 1. The monoisotopic (exact) mass is 1130 g/mol. The lowest BCUT2D eigenvalue weighted by molar-refractivity contribution is -0.152. The van der Waals surface area contributed by atoms with Crippen LogP contribution in [0.25, 0.3) is 0 Å². The molecule has 4 aliphatic carbocycles. The minimum absolute atomic E-state index is 0.00822. The number of esters is 2. The molecule has 2 aromatic carbocycles. The predicted octanol–water partition coefficient (Wildman–Crippen LogP) is 9.31. The van der Waals surface area contributed by atoms with Gasteiger partial charge in [-0.15, -0.1) is 0 Å². The zero-order valence-corrected chi connectivity index (χ0v) is 49.1. The Morgan fingerprint density at radius 2 is 1.38 bits per heavy atom. The van der Waals surface area contributed by atoms with Gasteiger partial charge in [0.15, 0.2) is 0 Å². The molecule has 0 heterocycles. The second-order valence-corrected chi connectivity index (χ2v) is 24.1. The summed E-state index contributed by atoms with van der Waals surface area (Å²) in [4.78, 5) is 76.4. The number of phenols is 1. The van der Waals surface area contributed by atoms with E-state index in [2.05, 4.69) is 55.0 Å². The number of ether oxygens (including phenoxy) is 6. The molecule has 0 radical (unpaired) electrons. The van der Waals surface area contributed by atoms with Crippen molar-refractivity contribution in [2.24, 2.45) is 58.5 Å². The van der Waals surface area contributed by atoms with E-state index in [1.807, 2.05) is 0 Å². The average molecular weight is 1130 g/mol. The van der Waals surface area contributed by atoms with E-state index in [-0.39, 0.29) is 95.6 Å². The summed E-state index contributed by atoms with van der Waals surface area (Å²) in [6.07, 6.45) is 16.9. The second kappa shape index (κ2) is 32.9. The standard InChI is InChI=1S/C63H95N5O13/c1-41(2)9-7-10-43(5)53-24-25-54-52-22-14-45-39-49(21-23-50(45)51(52)26-30-63(53,54)6)81-58(72)28-33-77-36-38-78-37-35-76-32-27-56(70)68-59(42(3)4)61(74)67-55(11-8-31-65-62(64)75)60(73)66-46-15-12-44(13-16-46)40-79-34-29-57(71)80-48-19-17-47(69)18-20-48/h12-20,41-43,49-55,59,69H,7-11,21-40H2,1-6H3,(H,66,73)(H,67,74)(H,68,70)(H3,64,65,75). The summed E-state index contributed by atoms with van der Waals surface area (Å²) < 4.78 is 33.8. The summed E-state index contributed by atoms with van der Waals surface area (Å²) in [6.45, 7) is 15.5. The molecule has 7 N–H and O–H groups in total. The van der Waals surface area contributed by atoms with Crippen molar-refractivity contribution in [1.82, 2.24) is 16.0 Å². The number of rotatable bonds is 34. The van der Waals surface area contributed by atoms with Gasteiger partial charge in [-0.05, 0) is 153 Å². The molecule has 18 heteroatoms. The summed E-state index contributed by atoms with van der Waals surface area (Å²) in [7, 11) is 0. The number of hydrogen-bond acceptors (Lipinski definition) is 13. The van der Waals surface area contributed by atoms with E-state index >= 15 is 0 Å². The van der Waals surface area contributed by atoms with Gasteiger partial charge in [0.05, 0.1) is 65.7 Å². The van der Waals surface area contributed by atoms with Crippen LogP contribution < -0.4 is 31.7 Å². The Balaban J connectivity index is 0.808. The molecule has 0 spiro atoms. The van der Waals surface area contributed by atoms with Crippen LogP contribution in [0.5, 0.6) is 11.5 Å². The fourth-order valence-electron chi connectivity index (χ4n) is 13.3. The normalized spacial score (nSPS) is 23.2. The van der Waals surface area contributed by atoms with Crippen LogP contribution in [0.3, 0.4) is 0 Å². The lowest BCUT2D eigenvalue weighted by atomic mass is 9.51. The summed E-state index contributed by atoms with van der Waals surface area (Å²) >= 11 is 0. The van der Waals surface area contributed by atoms with Gasteiger partial charge >= 0.3 is 18.0 Å². The molecule has 0 aliphatic heterocycles. The first-order valence-corrected chi connectivity index (χ1v) is 30.1. The predicted molar refractivity (Wildman–Crippen MR) is 309 cm³/mol. The first kappa shape index (κ1) is 64.6. The van der Waals surface area contributed by atoms with Crippen molar-refractivity contribution in [3.63, 3.8) is 0 Å². The van der Waals surface area contributed by atoms with Crippen LogP contribution in [0.4, 0.5) is 10.5 Å². The number of hydrogen-bond donors (Lipinski definition) is 6. The number of benzene rings is 2. The summed E-state index contributed by atoms with van der Waals surface area (Å²) in [5.74, 6) is 3.46. The average Bonchev–Trinajstić information content (AvgIpc) is 4.03. The minimum atomic E-state index is -1.02. The van der Waals surface area contributed by atoms with Gasteiger partial charge < -0.3 is 60.5 Å². The Morgan fingerprint density at radius 3 is 2.07 bits per heavy atom. The van der Waals surface area contributed by atoms with E-state index in [1.165, 1.54) is 81.2 Å². The highest BCUT2D eigenvalue weighted by Crippen LogP contribution is 2.65. The van der Waals surface area contributed by atoms with Crippen LogP contribution in [-0.4, -0.2) is 112 Å². The summed E-state index contributed by atoms with van der Waals surface area (Å²) in [5.41, 5.74) is 8.48. The van der Waals surface area contributed by atoms with Gasteiger partial charge in [0.25, 0.3) is 0 Å². The van der Waals surface area contributed by atoms with Crippen LogP contribution in [0.15, 0.2) is 60.2 Å². The van der Waals surface area contributed by atoms with Gasteiger partial charge in [0.1, 0.15) is 29.7 Å². The Morgan fingerprint density at radius 1 is 0.704 bits per heavy atom. The fourth-order valence-corrected chi connectivity index (χ4v) is 13.3. The zero-order valence-electron chi connectivity index (χ0n) is 49.1. The van der Waals surface area contributed by atoms with Gasteiger partial charge in [0, 0.05) is 25.1 Å². The second-order valence-electron chi connectivity index (χ2n) is 24.1. The van der Waals surface area contributed by atoms with Crippen LogP contribution in [0, 0.1) is 52.8 Å². The number of carbonyl (C=O) groups excluding carboxylic acids is 6. The number of nitrogens with two attached hydrogens (primary N) is 1. The van der Waals surface area contributed by atoms with Crippen molar-refractivity contribution in [2.45, 2.75) is 169 Å². The fraction of sp³-hybridized carbons (Fsp3) is 0.683. The third kappa shape index (κ3) is 20.7. The summed E-state index contributed by atoms with van der Waals surface area (Å²) in [5, 5.41) is 20.3. The van der Waals surface area contributed by atoms with E-state index < -0.39 is 41.8 Å². The third-order valence-corrected chi connectivity index (χ3v) is 17.4. The number of anilines is 1. The van der Waals surface area contributed by atoms with E-state index in [9.17, 15) is 33.9 Å². The highest BCUT2D eigenvalue weighted by molar-refractivity contribution is 5.98. The number of primary amides is 1. The zero-order chi connectivity index (χ0) is 58.3. The van der Waals surface area contributed by atoms with Gasteiger partial charge in [-0.1, -0.05) is 84.6 Å². The first-order valence-electron chi connectivity index (χ1n) is 30.1. The molecule has 5 amide bonds. The van der Waals surface area contributed by atoms with Gasteiger partial charge in [-0.2, -0.15) is 0 Å². The van der Waals surface area contributed by atoms with Crippen LogP contribution in [0.1, 0.15) is 150 Å². The van der Waals surface area contributed by atoms with Crippen molar-refractivity contribution in [2.75, 3.05) is 58.1 Å². The molecule has 0 bridgehead atoms. The number of aromatic hydroxyl groups is 1. The molecule has 4 aliphatic rings. The number of nitrogens with one attached hydrogen (secondary N) is 4. The van der Waals surface area contributed by atoms with Crippen molar-refractivity contribution < 1.29 is 62.3 Å². The number of phenolic OH excluding ortho intramolecular Hbond substituents is 1. The van der Waals surface area contributed by atoms with E-state index in [0.717, 1.165) is 60.3 Å². The van der Waals surface area contributed by atoms with Crippen LogP contribution in [0.2, 0.25) is 0 Å². The van der Waals surface area contributed by atoms with Crippen LogP contribution >= 0.6 is 0 Å². The SMILES string of the molecule is CC(C)CCCC(C)C1CCC2C3CC=C4CC(OC(=O)CCOCCOCCOCCC(=O)NC(C(=O)NC(CCCNC(N)=O)C(=O)Nc5ccc(COCCC(=O)Oc6ccc(O)cc6)cc5)C(C)C)CCC4C3CCC12C. The van der Waals surface area contributed by atoms with Gasteiger partial charge in [-0.25, -0.2) is 4.79 Å². The quantitative estimate of drug-likeness (QED) is 0.0166.